The third kappa shape index (κ3) is 5.03. The summed E-state index contributed by atoms with van der Waals surface area (Å²) in [6.07, 6.45) is 5.23. The van der Waals surface area contributed by atoms with Crippen molar-refractivity contribution in [2.45, 2.75) is 46.0 Å². The molecule has 2 heterocycles. The Balaban J connectivity index is 1.37. The van der Waals surface area contributed by atoms with Gasteiger partial charge in [-0.1, -0.05) is 12.1 Å². The Bertz CT molecular complexity index is 782. The number of piperidine rings is 1. The Morgan fingerprint density at radius 1 is 1.32 bits per heavy atom. The number of carbonyl (C=O) groups excluding carboxylic acids is 1. The van der Waals surface area contributed by atoms with Gasteiger partial charge in [-0.2, -0.15) is 4.98 Å². The molecule has 0 unspecified atom stereocenters. The van der Waals surface area contributed by atoms with Gasteiger partial charge in [-0.15, -0.1) is 0 Å². The third-order valence-corrected chi connectivity index (χ3v) is 5.29. The minimum absolute atomic E-state index is 0.318. The monoisotopic (exact) mass is 387 g/mol. The number of anilines is 1. The summed E-state index contributed by atoms with van der Waals surface area (Å²) in [7, 11) is 1.39. The summed E-state index contributed by atoms with van der Waals surface area (Å²) in [6, 6.07) is 6.13. The van der Waals surface area contributed by atoms with Crippen LogP contribution in [0.25, 0.3) is 0 Å². The Kier molecular flexibility index (Phi) is 6.90. The maximum Gasteiger partial charge on any atom is 0.338 e. The Hall–Kier alpha value is -2.57. The van der Waals surface area contributed by atoms with Gasteiger partial charge in [0.15, 0.2) is 5.82 Å². The van der Waals surface area contributed by atoms with E-state index in [9.17, 15) is 4.79 Å². The molecule has 1 saturated heterocycles. The number of benzene rings is 1. The van der Waals surface area contributed by atoms with Crippen molar-refractivity contribution in [3.05, 3.63) is 35.2 Å². The van der Waals surface area contributed by atoms with Gasteiger partial charge in [0.2, 0.25) is 0 Å². The second-order valence-corrected chi connectivity index (χ2v) is 7.24. The average Bonchev–Trinajstić information content (AvgIpc) is 3.20. The van der Waals surface area contributed by atoms with Crippen LogP contribution in [-0.2, 0) is 11.2 Å². The quantitative estimate of drug-likeness (QED) is 0.503. The molecule has 0 radical (unpaired) electrons. The van der Waals surface area contributed by atoms with E-state index in [0.29, 0.717) is 24.1 Å². The molecule has 1 fully saturated rings. The minimum atomic E-state index is -0.318. The molecule has 3 rings (SSSR count). The number of ether oxygens (including phenoxy) is 2. The van der Waals surface area contributed by atoms with Crippen LogP contribution in [0.2, 0.25) is 0 Å². The van der Waals surface area contributed by atoms with Gasteiger partial charge in [0.25, 0.3) is 0 Å². The van der Waals surface area contributed by atoms with Crippen molar-refractivity contribution in [1.82, 2.24) is 10.1 Å². The van der Waals surface area contributed by atoms with Gasteiger partial charge >= 0.3 is 12.0 Å². The highest BCUT2D eigenvalue weighted by Crippen LogP contribution is 2.25. The number of aryl methyl sites for hydroxylation is 2. The SMILES string of the molecule is CCc1noc(N2CCC(CCCOc3ccc(C(=O)OC)c(C)c3)CC2)n1. The van der Waals surface area contributed by atoms with Gasteiger partial charge in [0, 0.05) is 19.5 Å². The van der Waals surface area contributed by atoms with Crippen molar-refractivity contribution in [1.29, 1.82) is 0 Å². The predicted molar refractivity (Wildman–Crippen MR) is 106 cm³/mol. The van der Waals surface area contributed by atoms with Crippen LogP contribution in [0.3, 0.4) is 0 Å². The predicted octanol–water partition coefficient (Wildman–Crippen LogP) is 3.80. The van der Waals surface area contributed by atoms with E-state index < -0.39 is 0 Å². The molecular formula is C21H29N3O4. The lowest BCUT2D eigenvalue weighted by Crippen LogP contribution is -2.34. The first kappa shape index (κ1) is 20.2. The van der Waals surface area contributed by atoms with Crippen LogP contribution in [0.1, 0.15) is 54.4 Å². The van der Waals surface area contributed by atoms with E-state index in [2.05, 4.69) is 15.0 Å². The molecular weight excluding hydrogens is 358 g/mol. The molecule has 0 saturated carbocycles. The second-order valence-electron chi connectivity index (χ2n) is 7.24. The molecule has 1 aliphatic rings. The zero-order valence-electron chi connectivity index (χ0n) is 16.9. The van der Waals surface area contributed by atoms with Crippen LogP contribution in [0.15, 0.2) is 22.7 Å². The van der Waals surface area contributed by atoms with Crippen molar-refractivity contribution in [3.8, 4) is 5.75 Å². The standard InChI is InChI=1S/C21H29N3O4/c1-4-19-22-21(28-23-19)24-11-9-16(10-12-24)6-5-13-27-17-7-8-18(15(2)14-17)20(25)26-3/h7-8,14,16H,4-6,9-13H2,1-3H3. The van der Waals surface area contributed by atoms with E-state index in [-0.39, 0.29) is 5.97 Å². The minimum Gasteiger partial charge on any atom is -0.494 e. The topological polar surface area (TPSA) is 77.7 Å². The Morgan fingerprint density at radius 2 is 2.11 bits per heavy atom. The van der Waals surface area contributed by atoms with E-state index in [1.54, 1.807) is 6.07 Å². The normalized spacial score (nSPS) is 14.9. The molecule has 28 heavy (non-hydrogen) atoms. The lowest BCUT2D eigenvalue weighted by molar-refractivity contribution is 0.0600. The van der Waals surface area contributed by atoms with Gasteiger partial charge in [0.1, 0.15) is 5.75 Å². The van der Waals surface area contributed by atoms with Crippen LogP contribution >= 0.6 is 0 Å². The Morgan fingerprint density at radius 3 is 2.75 bits per heavy atom. The van der Waals surface area contributed by atoms with E-state index in [1.165, 1.54) is 7.11 Å². The number of nitrogens with zero attached hydrogens (tertiary/aromatic N) is 3. The van der Waals surface area contributed by atoms with Crippen LogP contribution in [0, 0.1) is 12.8 Å². The molecule has 1 aliphatic heterocycles. The van der Waals surface area contributed by atoms with E-state index >= 15 is 0 Å². The molecule has 7 nitrogen and oxygen atoms in total. The zero-order valence-corrected chi connectivity index (χ0v) is 16.9. The largest absolute Gasteiger partial charge is 0.494 e. The lowest BCUT2D eigenvalue weighted by Gasteiger charge is -2.30. The first-order valence-electron chi connectivity index (χ1n) is 10.00. The summed E-state index contributed by atoms with van der Waals surface area (Å²) < 4.78 is 16.0. The molecule has 2 aromatic rings. The number of rotatable bonds is 8. The fourth-order valence-corrected chi connectivity index (χ4v) is 3.56. The fraction of sp³-hybridized carbons (Fsp3) is 0.571. The van der Waals surface area contributed by atoms with Gasteiger partial charge in [0.05, 0.1) is 19.3 Å². The summed E-state index contributed by atoms with van der Waals surface area (Å²) in [5.41, 5.74) is 1.44. The molecule has 0 spiro atoms. The summed E-state index contributed by atoms with van der Waals surface area (Å²) in [5, 5.41) is 3.97. The molecule has 0 amide bonds. The molecule has 0 bridgehead atoms. The van der Waals surface area contributed by atoms with Crippen LogP contribution < -0.4 is 9.64 Å². The highest BCUT2D eigenvalue weighted by molar-refractivity contribution is 5.91. The summed E-state index contributed by atoms with van der Waals surface area (Å²) in [6.45, 7) is 6.52. The summed E-state index contributed by atoms with van der Waals surface area (Å²) in [4.78, 5) is 18.2. The van der Waals surface area contributed by atoms with Crippen molar-refractivity contribution >= 4 is 12.0 Å². The number of hydrogen-bond acceptors (Lipinski definition) is 7. The van der Waals surface area contributed by atoms with Crippen LogP contribution in [-0.4, -0.2) is 42.9 Å². The van der Waals surface area contributed by atoms with Gasteiger partial charge in [-0.25, -0.2) is 4.79 Å². The molecule has 1 aromatic heterocycles. The molecule has 152 valence electrons. The average molecular weight is 387 g/mol. The number of esters is 1. The summed E-state index contributed by atoms with van der Waals surface area (Å²) in [5.74, 6) is 1.95. The smallest absolute Gasteiger partial charge is 0.338 e. The maximum atomic E-state index is 11.6. The number of hydrogen-bond donors (Lipinski definition) is 0. The molecule has 0 N–H and O–H groups in total. The van der Waals surface area contributed by atoms with E-state index in [1.807, 2.05) is 26.0 Å². The molecule has 7 heteroatoms. The zero-order chi connectivity index (χ0) is 19.9. The molecule has 1 aromatic carbocycles. The van der Waals surface area contributed by atoms with Gasteiger partial charge in [-0.05, 0) is 62.3 Å². The molecule has 0 atom stereocenters. The number of aromatic nitrogens is 2. The van der Waals surface area contributed by atoms with Crippen molar-refractivity contribution in [3.63, 3.8) is 0 Å². The van der Waals surface area contributed by atoms with Crippen molar-refractivity contribution in [2.24, 2.45) is 5.92 Å². The highest BCUT2D eigenvalue weighted by Gasteiger charge is 2.22. The molecule has 0 aliphatic carbocycles. The Labute approximate surface area is 166 Å². The first-order chi connectivity index (χ1) is 13.6. The fourth-order valence-electron chi connectivity index (χ4n) is 3.56. The maximum absolute atomic E-state index is 11.6. The number of carbonyl (C=O) groups is 1. The van der Waals surface area contributed by atoms with E-state index in [0.717, 1.165) is 62.3 Å². The van der Waals surface area contributed by atoms with E-state index in [4.69, 9.17) is 14.0 Å². The third-order valence-electron chi connectivity index (χ3n) is 5.29. The van der Waals surface area contributed by atoms with Crippen LogP contribution in [0.4, 0.5) is 6.01 Å². The first-order valence-corrected chi connectivity index (χ1v) is 10.00. The highest BCUT2D eigenvalue weighted by atomic mass is 16.5. The van der Waals surface area contributed by atoms with Crippen LogP contribution in [0.5, 0.6) is 5.75 Å². The lowest BCUT2D eigenvalue weighted by atomic mass is 9.92. The van der Waals surface area contributed by atoms with Crippen molar-refractivity contribution in [2.75, 3.05) is 31.7 Å². The van der Waals surface area contributed by atoms with Crippen molar-refractivity contribution < 1.29 is 18.8 Å². The number of methoxy groups -OCH3 is 1. The summed E-state index contributed by atoms with van der Waals surface area (Å²) >= 11 is 0. The van der Waals surface area contributed by atoms with Gasteiger partial charge in [-0.3, -0.25) is 0 Å². The second kappa shape index (κ2) is 9.57. The van der Waals surface area contributed by atoms with Gasteiger partial charge < -0.3 is 18.9 Å².